The van der Waals surface area contributed by atoms with Crippen LogP contribution in [0.1, 0.15) is 44.9 Å². The van der Waals surface area contributed by atoms with E-state index in [1.807, 2.05) is 33.8 Å². The predicted octanol–water partition coefficient (Wildman–Crippen LogP) is 3.25. The van der Waals surface area contributed by atoms with Crippen molar-refractivity contribution < 1.29 is 8.94 Å². The summed E-state index contributed by atoms with van der Waals surface area (Å²) in [6.07, 6.45) is 0. The Morgan fingerprint density at radius 3 is 2.47 bits per heavy atom. The quantitative estimate of drug-likeness (QED) is 0.844. The zero-order valence-electron chi connectivity index (χ0n) is 11.0. The van der Waals surface area contributed by atoms with E-state index < -0.39 is 11.4 Å². The van der Waals surface area contributed by atoms with Crippen LogP contribution in [-0.4, -0.2) is 9.30 Å². The summed E-state index contributed by atoms with van der Waals surface area (Å²) in [6.45, 7) is 9.20. The van der Waals surface area contributed by atoms with E-state index in [1.165, 1.54) is 0 Å². The summed E-state index contributed by atoms with van der Waals surface area (Å²) < 4.78 is 28.4. The van der Waals surface area contributed by atoms with Crippen LogP contribution in [0.3, 0.4) is 0 Å². The van der Waals surface area contributed by atoms with Gasteiger partial charge in [-0.15, -0.1) is 4.72 Å². The molecule has 0 aliphatic heterocycles. The van der Waals surface area contributed by atoms with Crippen molar-refractivity contribution in [3.63, 3.8) is 0 Å². The van der Waals surface area contributed by atoms with E-state index in [2.05, 4.69) is 4.72 Å². The fraction of sp³-hybridized carbons (Fsp3) is 0.538. The number of nitrogens with one attached hydrogen (secondary N) is 1. The van der Waals surface area contributed by atoms with E-state index in [-0.39, 0.29) is 16.6 Å². The Morgan fingerprint density at radius 2 is 1.94 bits per heavy atom. The minimum absolute atomic E-state index is 0.224. The fourth-order valence-electron chi connectivity index (χ4n) is 1.41. The van der Waals surface area contributed by atoms with Crippen LogP contribution in [-0.2, 0) is 11.4 Å². The highest BCUT2D eigenvalue weighted by Gasteiger charge is 2.29. The molecule has 17 heavy (non-hydrogen) atoms. The lowest BCUT2D eigenvalue weighted by Gasteiger charge is -2.26. The maximum Gasteiger partial charge on any atom is 0.136 e. The van der Waals surface area contributed by atoms with Crippen molar-refractivity contribution in [3.8, 4) is 0 Å². The van der Waals surface area contributed by atoms with Gasteiger partial charge in [-0.1, -0.05) is 18.2 Å². The average Bonchev–Trinajstić information content (AvgIpc) is 2.20. The maximum atomic E-state index is 13.9. The largest absolute Gasteiger partial charge is 0.598 e. The van der Waals surface area contributed by atoms with Gasteiger partial charge >= 0.3 is 0 Å². The highest BCUT2D eigenvalue weighted by atomic mass is 32.2. The number of hydrogen-bond donors (Lipinski definition) is 1. The van der Waals surface area contributed by atoms with Crippen LogP contribution in [0.4, 0.5) is 4.39 Å². The molecular weight excluding hydrogens is 237 g/mol. The average molecular weight is 257 g/mol. The van der Waals surface area contributed by atoms with Crippen LogP contribution in [0.15, 0.2) is 18.2 Å². The molecule has 1 aromatic rings. The first-order valence-corrected chi connectivity index (χ1v) is 6.81. The van der Waals surface area contributed by atoms with Crippen LogP contribution >= 0.6 is 0 Å². The van der Waals surface area contributed by atoms with Gasteiger partial charge in [0.15, 0.2) is 0 Å². The maximum absolute atomic E-state index is 13.9. The topological polar surface area (TPSA) is 35.1 Å². The van der Waals surface area contributed by atoms with Gasteiger partial charge in [-0.05, 0) is 40.2 Å². The van der Waals surface area contributed by atoms with Crippen LogP contribution < -0.4 is 4.72 Å². The molecule has 0 saturated heterocycles. The second kappa shape index (κ2) is 5.38. The molecule has 0 spiro atoms. The fourth-order valence-corrected chi connectivity index (χ4v) is 2.21. The van der Waals surface area contributed by atoms with Crippen molar-refractivity contribution >= 4 is 11.4 Å². The van der Waals surface area contributed by atoms with Crippen molar-refractivity contribution in [2.45, 2.75) is 45.4 Å². The van der Waals surface area contributed by atoms with E-state index in [0.717, 1.165) is 0 Å². The Hall–Kier alpha value is -0.580. The molecule has 1 rings (SSSR count). The second-order valence-corrected chi connectivity index (χ2v) is 7.20. The molecule has 2 atom stereocenters. The molecule has 96 valence electrons. The molecule has 0 bridgehead atoms. The van der Waals surface area contributed by atoms with Gasteiger partial charge in [-0.3, -0.25) is 0 Å². The molecular formula is C13H20FNOS. The zero-order valence-corrected chi connectivity index (χ0v) is 11.8. The Bertz CT molecular complexity index is 389. The Balaban J connectivity index is 2.84. The summed E-state index contributed by atoms with van der Waals surface area (Å²) in [5.41, 5.74) is 1.17. The molecule has 0 aliphatic rings. The lowest BCUT2D eigenvalue weighted by atomic mass is 10.1. The number of hydrogen-bond acceptors (Lipinski definition) is 2. The van der Waals surface area contributed by atoms with Crippen molar-refractivity contribution in [2.24, 2.45) is 0 Å². The molecule has 0 unspecified atom stereocenters. The van der Waals surface area contributed by atoms with Crippen LogP contribution in [0.2, 0.25) is 0 Å². The summed E-state index contributed by atoms with van der Waals surface area (Å²) >= 11 is -1.20. The van der Waals surface area contributed by atoms with Crippen LogP contribution in [0.5, 0.6) is 0 Å². The van der Waals surface area contributed by atoms with Gasteiger partial charge in [0.25, 0.3) is 0 Å². The van der Waals surface area contributed by atoms with E-state index in [1.54, 1.807) is 19.1 Å². The van der Waals surface area contributed by atoms with Crippen molar-refractivity contribution in [3.05, 3.63) is 35.1 Å². The van der Waals surface area contributed by atoms with Crippen molar-refractivity contribution in [2.75, 3.05) is 0 Å². The molecule has 4 heteroatoms. The Morgan fingerprint density at radius 1 is 1.35 bits per heavy atom. The first kappa shape index (κ1) is 14.5. The van der Waals surface area contributed by atoms with E-state index in [9.17, 15) is 8.94 Å². The van der Waals surface area contributed by atoms with Crippen molar-refractivity contribution in [1.82, 2.24) is 4.72 Å². The molecule has 0 saturated carbocycles. The minimum atomic E-state index is -1.20. The summed E-state index contributed by atoms with van der Waals surface area (Å²) in [4.78, 5) is 0. The minimum Gasteiger partial charge on any atom is -0.598 e. The SMILES string of the molecule is Cc1cccc([C@@H](C)N[S@+]([O-])C(C)(C)C)c1F. The molecule has 0 radical (unpaired) electrons. The van der Waals surface area contributed by atoms with E-state index in [4.69, 9.17) is 0 Å². The molecule has 1 N–H and O–H groups in total. The predicted molar refractivity (Wildman–Crippen MR) is 70.6 cm³/mol. The Kier molecular flexibility index (Phi) is 4.58. The summed E-state index contributed by atoms with van der Waals surface area (Å²) in [7, 11) is 0. The molecule has 0 fully saturated rings. The lowest BCUT2D eigenvalue weighted by Crippen LogP contribution is -2.40. The Labute approximate surface area is 106 Å². The number of halogens is 1. The van der Waals surface area contributed by atoms with Gasteiger partial charge in [-0.2, -0.15) is 0 Å². The third kappa shape index (κ3) is 3.69. The number of benzene rings is 1. The molecule has 0 aromatic heterocycles. The van der Waals surface area contributed by atoms with E-state index in [0.29, 0.717) is 11.1 Å². The van der Waals surface area contributed by atoms with Gasteiger partial charge in [0.05, 0.1) is 6.04 Å². The van der Waals surface area contributed by atoms with Gasteiger partial charge in [0, 0.05) is 16.9 Å². The van der Waals surface area contributed by atoms with Crippen LogP contribution in [0.25, 0.3) is 0 Å². The van der Waals surface area contributed by atoms with Crippen LogP contribution in [0, 0.1) is 12.7 Å². The van der Waals surface area contributed by atoms with Gasteiger partial charge in [0.1, 0.15) is 10.6 Å². The summed E-state index contributed by atoms with van der Waals surface area (Å²) in [5, 5.41) is 0. The summed E-state index contributed by atoms with van der Waals surface area (Å²) in [6, 6.07) is 4.99. The van der Waals surface area contributed by atoms with Crippen molar-refractivity contribution in [1.29, 1.82) is 0 Å². The smallest absolute Gasteiger partial charge is 0.136 e. The lowest BCUT2D eigenvalue weighted by molar-refractivity contribution is 0.521. The molecule has 0 amide bonds. The van der Waals surface area contributed by atoms with Gasteiger partial charge < -0.3 is 4.55 Å². The summed E-state index contributed by atoms with van der Waals surface area (Å²) in [5.74, 6) is -0.224. The molecule has 1 aromatic carbocycles. The highest BCUT2D eigenvalue weighted by Crippen LogP contribution is 2.22. The third-order valence-electron chi connectivity index (χ3n) is 2.53. The monoisotopic (exact) mass is 257 g/mol. The normalized spacial score (nSPS) is 15.7. The first-order chi connectivity index (χ1) is 7.73. The van der Waals surface area contributed by atoms with E-state index >= 15 is 0 Å². The number of aryl methyl sites for hydroxylation is 1. The second-order valence-electron chi connectivity index (χ2n) is 5.20. The first-order valence-electron chi connectivity index (χ1n) is 5.66. The van der Waals surface area contributed by atoms with Gasteiger partial charge in [-0.25, -0.2) is 4.39 Å². The zero-order chi connectivity index (χ0) is 13.2. The highest BCUT2D eigenvalue weighted by molar-refractivity contribution is 7.90. The molecule has 2 nitrogen and oxygen atoms in total. The van der Waals surface area contributed by atoms with Gasteiger partial charge in [0.2, 0.25) is 0 Å². The third-order valence-corrected chi connectivity index (χ3v) is 4.21. The number of rotatable bonds is 3. The standard InChI is InChI=1S/C13H20FNOS/c1-9-7-6-8-11(12(9)14)10(2)15-17(16)13(3,4)5/h6-8,10,15H,1-5H3/t10-,17-/m1/s1. The molecule has 0 heterocycles. The molecule has 0 aliphatic carbocycles.